The van der Waals surface area contributed by atoms with E-state index < -0.39 is 19.7 Å². The summed E-state index contributed by atoms with van der Waals surface area (Å²) < 4.78 is 48.5. The van der Waals surface area contributed by atoms with Gasteiger partial charge < -0.3 is 4.90 Å². The summed E-state index contributed by atoms with van der Waals surface area (Å²) in [5.74, 6) is -0.159. The molecule has 0 fully saturated rings. The fourth-order valence-corrected chi connectivity index (χ4v) is 5.77. The Morgan fingerprint density at radius 3 is 2.18 bits per heavy atom. The molecule has 1 aromatic heterocycles. The van der Waals surface area contributed by atoms with Crippen LogP contribution in [-0.2, 0) is 30.9 Å². The highest BCUT2D eigenvalue weighted by Gasteiger charge is 2.21. The molecule has 0 N–H and O–H groups in total. The second-order valence-electron chi connectivity index (χ2n) is 7.97. The number of rotatable bonds is 9. The molecule has 0 spiro atoms. The maximum absolute atomic E-state index is 13.2. The van der Waals surface area contributed by atoms with E-state index in [1.165, 1.54) is 29.5 Å². The number of sulfone groups is 2. The fourth-order valence-electron chi connectivity index (χ4n) is 3.12. The monoisotopic (exact) mass is 509 g/mol. The number of fused-ring (bicyclic) bond motifs is 1. The Morgan fingerprint density at radius 1 is 0.970 bits per heavy atom. The van der Waals surface area contributed by atoms with Crippen LogP contribution in [0.15, 0.2) is 52.3 Å². The number of aromatic nitrogens is 1. The standard InChI is InChI=1S/C22H27N3O5S3/c1-5-33(29,30)17-8-6-16(7-9-17)14-21(26)25(13-12-24(2)3)22-23-19-11-10-18(32(4,27)28)15-20(19)31-22/h6-11,15H,5,12-14H2,1-4H3. The van der Waals surface area contributed by atoms with Gasteiger partial charge in [0.05, 0.1) is 32.2 Å². The summed E-state index contributed by atoms with van der Waals surface area (Å²) in [5.41, 5.74) is 1.32. The van der Waals surface area contributed by atoms with Gasteiger partial charge in [0.2, 0.25) is 5.91 Å². The van der Waals surface area contributed by atoms with Crippen LogP contribution in [0.25, 0.3) is 10.2 Å². The first-order chi connectivity index (χ1) is 15.4. The lowest BCUT2D eigenvalue weighted by molar-refractivity contribution is -0.118. The van der Waals surface area contributed by atoms with Crippen molar-refractivity contribution >= 4 is 52.3 Å². The van der Waals surface area contributed by atoms with Gasteiger partial charge in [-0.25, -0.2) is 21.8 Å². The second kappa shape index (κ2) is 9.88. The minimum Gasteiger partial charge on any atom is -0.308 e. The van der Waals surface area contributed by atoms with Gasteiger partial charge in [0.25, 0.3) is 0 Å². The van der Waals surface area contributed by atoms with Crippen LogP contribution in [0.3, 0.4) is 0 Å². The first-order valence-corrected chi connectivity index (χ1v) is 14.6. The highest BCUT2D eigenvalue weighted by molar-refractivity contribution is 7.91. The SMILES string of the molecule is CCS(=O)(=O)c1ccc(CC(=O)N(CCN(C)C)c2nc3ccc(S(C)(=O)=O)cc3s2)cc1. The zero-order chi connectivity index (χ0) is 24.4. The Bertz CT molecular complexity index is 1360. The summed E-state index contributed by atoms with van der Waals surface area (Å²) >= 11 is 1.27. The number of carbonyl (C=O) groups excluding carboxylic acids is 1. The average Bonchev–Trinajstić information content (AvgIpc) is 3.16. The van der Waals surface area contributed by atoms with Gasteiger partial charge in [-0.3, -0.25) is 9.69 Å². The molecule has 0 bridgehead atoms. The minimum atomic E-state index is -3.35. The van der Waals surface area contributed by atoms with E-state index in [9.17, 15) is 21.6 Å². The zero-order valence-electron chi connectivity index (χ0n) is 19.0. The van der Waals surface area contributed by atoms with Gasteiger partial charge in [0, 0.05) is 19.3 Å². The van der Waals surface area contributed by atoms with E-state index in [0.717, 1.165) is 6.26 Å². The van der Waals surface area contributed by atoms with Gasteiger partial charge in [-0.05, 0) is 50.0 Å². The number of amides is 1. The molecule has 0 atom stereocenters. The number of anilines is 1. The highest BCUT2D eigenvalue weighted by Crippen LogP contribution is 2.31. The van der Waals surface area contributed by atoms with Gasteiger partial charge in [-0.15, -0.1) is 0 Å². The summed E-state index contributed by atoms with van der Waals surface area (Å²) in [7, 11) is -2.83. The maximum atomic E-state index is 13.2. The van der Waals surface area contributed by atoms with Crippen LogP contribution in [0, 0.1) is 0 Å². The topological polar surface area (TPSA) is 105 Å². The van der Waals surface area contributed by atoms with Gasteiger partial charge in [0.1, 0.15) is 0 Å². The van der Waals surface area contributed by atoms with Crippen molar-refractivity contribution in [2.75, 3.05) is 44.1 Å². The van der Waals surface area contributed by atoms with Crippen LogP contribution in [0.2, 0.25) is 0 Å². The molecule has 33 heavy (non-hydrogen) atoms. The third-order valence-electron chi connectivity index (χ3n) is 5.10. The lowest BCUT2D eigenvalue weighted by atomic mass is 10.1. The quantitative estimate of drug-likeness (QED) is 0.437. The molecule has 11 heteroatoms. The number of carbonyl (C=O) groups is 1. The highest BCUT2D eigenvalue weighted by atomic mass is 32.2. The maximum Gasteiger partial charge on any atom is 0.233 e. The molecule has 1 heterocycles. The predicted molar refractivity (Wildman–Crippen MR) is 132 cm³/mol. The van der Waals surface area contributed by atoms with Crippen molar-refractivity contribution in [2.45, 2.75) is 23.1 Å². The molecular formula is C22H27N3O5S3. The smallest absolute Gasteiger partial charge is 0.233 e. The van der Waals surface area contributed by atoms with Gasteiger partial charge in [-0.2, -0.15) is 0 Å². The van der Waals surface area contributed by atoms with E-state index in [-0.39, 0.29) is 27.9 Å². The normalized spacial score (nSPS) is 12.4. The van der Waals surface area contributed by atoms with Crippen LogP contribution < -0.4 is 4.90 Å². The molecule has 0 saturated carbocycles. The second-order valence-corrected chi connectivity index (χ2v) is 13.3. The largest absolute Gasteiger partial charge is 0.308 e. The molecule has 0 radical (unpaired) electrons. The lowest BCUT2D eigenvalue weighted by Crippen LogP contribution is -2.37. The third-order valence-corrected chi connectivity index (χ3v) is 9.00. The van der Waals surface area contributed by atoms with Crippen LogP contribution in [-0.4, -0.2) is 71.8 Å². The molecule has 0 saturated heterocycles. The molecule has 1 amide bonds. The number of hydrogen-bond acceptors (Lipinski definition) is 8. The Morgan fingerprint density at radius 2 is 1.61 bits per heavy atom. The summed E-state index contributed by atoms with van der Waals surface area (Å²) in [4.78, 5) is 21.8. The lowest BCUT2D eigenvalue weighted by Gasteiger charge is -2.22. The Hall–Kier alpha value is -2.34. The number of hydrogen-bond donors (Lipinski definition) is 0. The van der Waals surface area contributed by atoms with Crippen LogP contribution >= 0.6 is 11.3 Å². The zero-order valence-corrected chi connectivity index (χ0v) is 21.4. The molecule has 0 aliphatic heterocycles. The molecule has 2 aromatic carbocycles. The minimum absolute atomic E-state index is 0.0161. The summed E-state index contributed by atoms with van der Waals surface area (Å²) in [6.07, 6.45) is 1.24. The first kappa shape index (κ1) is 25.3. The molecule has 3 aromatic rings. The van der Waals surface area contributed by atoms with Crippen molar-refractivity contribution in [3.8, 4) is 0 Å². The van der Waals surface area contributed by atoms with Crippen molar-refractivity contribution in [1.82, 2.24) is 9.88 Å². The Labute approximate surface area is 198 Å². The van der Waals surface area contributed by atoms with E-state index in [0.29, 0.717) is 34.0 Å². The van der Waals surface area contributed by atoms with Crippen LogP contribution in [0.4, 0.5) is 5.13 Å². The van der Waals surface area contributed by atoms with Crippen molar-refractivity contribution in [1.29, 1.82) is 0 Å². The van der Waals surface area contributed by atoms with E-state index in [2.05, 4.69) is 4.98 Å². The van der Waals surface area contributed by atoms with Gasteiger partial charge >= 0.3 is 0 Å². The number of likely N-dealkylation sites (N-methyl/N-ethyl adjacent to an activating group) is 1. The molecule has 3 rings (SSSR count). The number of nitrogens with zero attached hydrogens (tertiary/aromatic N) is 3. The van der Waals surface area contributed by atoms with Crippen molar-refractivity contribution in [3.05, 3.63) is 48.0 Å². The van der Waals surface area contributed by atoms with Crippen LogP contribution in [0.5, 0.6) is 0 Å². The molecule has 0 aliphatic rings. The van der Waals surface area contributed by atoms with E-state index in [4.69, 9.17) is 0 Å². The fraction of sp³-hybridized carbons (Fsp3) is 0.364. The Balaban J connectivity index is 1.90. The van der Waals surface area contributed by atoms with E-state index in [1.54, 1.807) is 36.1 Å². The number of benzene rings is 2. The van der Waals surface area contributed by atoms with Gasteiger partial charge in [0.15, 0.2) is 24.8 Å². The van der Waals surface area contributed by atoms with Crippen LogP contribution in [0.1, 0.15) is 12.5 Å². The van der Waals surface area contributed by atoms with E-state index in [1.807, 2.05) is 19.0 Å². The molecule has 0 unspecified atom stereocenters. The molecular weight excluding hydrogens is 482 g/mol. The first-order valence-electron chi connectivity index (χ1n) is 10.3. The number of thiazole rings is 1. The van der Waals surface area contributed by atoms with Gasteiger partial charge in [-0.1, -0.05) is 30.4 Å². The van der Waals surface area contributed by atoms with Crippen molar-refractivity contribution in [3.63, 3.8) is 0 Å². The summed E-state index contributed by atoms with van der Waals surface area (Å²) in [6.45, 7) is 2.61. The molecule has 8 nitrogen and oxygen atoms in total. The summed E-state index contributed by atoms with van der Waals surface area (Å²) in [6, 6.07) is 11.1. The third kappa shape index (κ3) is 6.17. The van der Waals surface area contributed by atoms with Crippen molar-refractivity contribution in [2.24, 2.45) is 0 Å². The molecule has 0 aliphatic carbocycles. The predicted octanol–water partition coefficient (Wildman–Crippen LogP) is 2.63. The molecule has 178 valence electrons. The van der Waals surface area contributed by atoms with Crippen molar-refractivity contribution < 1.29 is 21.6 Å². The Kier molecular flexibility index (Phi) is 7.57. The van der Waals surface area contributed by atoms with E-state index >= 15 is 0 Å². The summed E-state index contributed by atoms with van der Waals surface area (Å²) in [5, 5.41) is 0.493. The average molecular weight is 510 g/mol.